The molecule has 1 saturated carbocycles. The van der Waals surface area contributed by atoms with Gasteiger partial charge in [-0.25, -0.2) is 5.10 Å². The van der Waals surface area contributed by atoms with Gasteiger partial charge in [-0.15, -0.1) is 0 Å². The maximum absolute atomic E-state index is 12.8. The minimum atomic E-state index is -0.726. The van der Waals surface area contributed by atoms with E-state index in [1.807, 2.05) is 54.6 Å². The summed E-state index contributed by atoms with van der Waals surface area (Å²) < 4.78 is 7.70. The molecule has 0 bridgehead atoms. The predicted molar refractivity (Wildman–Crippen MR) is 135 cm³/mol. The number of rotatable bonds is 7. The summed E-state index contributed by atoms with van der Waals surface area (Å²) in [5.41, 5.74) is 7.77. The third kappa shape index (κ3) is 4.68. The number of hydrogen-bond donors (Lipinski definition) is 4. The van der Waals surface area contributed by atoms with Gasteiger partial charge in [-0.1, -0.05) is 24.8 Å². The van der Waals surface area contributed by atoms with Crippen LogP contribution in [0, 0.1) is 0 Å². The number of nitrogens with one attached hydrogen (secondary N) is 2. The summed E-state index contributed by atoms with van der Waals surface area (Å²) >= 11 is 0. The second kappa shape index (κ2) is 9.73. The third-order valence-electron chi connectivity index (χ3n) is 6.44. The molecule has 0 amide bonds. The molecule has 5 N–H and O–H groups in total. The first-order chi connectivity index (χ1) is 17.0. The Morgan fingerprint density at radius 3 is 2.49 bits per heavy atom. The number of aliphatic hydroxyl groups is 1. The van der Waals surface area contributed by atoms with Crippen molar-refractivity contribution in [1.29, 1.82) is 0 Å². The quantitative estimate of drug-likeness (QED) is 0.238. The lowest BCUT2D eigenvalue weighted by Crippen LogP contribution is -2.39. The van der Waals surface area contributed by atoms with Crippen molar-refractivity contribution in [3.63, 3.8) is 0 Å². The predicted octanol–water partition coefficient (Wildman–Crippen LogP) is 3.74. The van der Waals surface area contributed by atoms with Gasteiger partial charge in [0.1, 0.15) is 28.9 Å². The van der Waals surface area contributed by atoms with E-state index >= 15 is 0 Å². The van der Waals surface area contributed by atoms with Crippen molar-refractivity contribution in [1.82, 2.24) is 25.3 Å². The topological polar surface area (TPSA) is 131 Å². The van der Waals surface area contributed by atoms with E-state index in [0.717, 1.165) is 37.0 Å². The number of H-pyrrole nitrogens is 1. The average molecular weight is 473 g/mol. The smallest absolute Gasteiger partial charge is 0.290 e. The van der Waals surface area contributed by atoms with Crippen LogP contribution in [0.25, 0.3) is 22.2 Å². The number of para-hydroxylation sites is 1. The van der Waals surface area contributed by atoms with Gasteiger partial charge in [0.25, 0.3) is 5.56 Å². The number of aliphatic hydroxyl groups excluding tert-OH is 1. The molecule has 9 heteroatoms. The van der Waals surface area contributed by atoms with Gasteiger partial charge in [-0.2, -0.15) is 10.2 Å². The standard InChI is InChI=1S/C26H28N6O3/c1-2-21(33)28-17-10-12-18(13-11-17)32-24-22(25(27)29-30-26(24)34)23(31-32)16-8-14-20(15-9-16)35-19-6-4-3-5-7-19/h2-9,14-15,17-18,21,28,33H,1,10-13H2,(H2,27,29)(H,30,34). The minimum Gasteiger partial charge on any atom is -0.457 e. The molecular weight excluding hydrogens is 444 g/mol. The van der Waals surface area contributed by atoms with Crippen LogP contribution in [-0.4, -0.2) is 37.4 Å². The lowest BCUT2D eigenvalue weighted by Gasteiger charge is -2.30. The number of nitrogens with zero attached hydrogens (tertiary/aromatic N) is 3. The summed E-state index contributed by atoms with van der Waals surface area (Å²) in [5, 5.41) is 24.9. The highest BCUT2D eigenvalue weighted by molar-refractivity contribution is 5.99. The van der Waals surface area contributed by atoms with Crippen LogP contribution in [0.5, 0.6) is 11.5 Å². The van der Waals surface area contributed by atoms with Crippen LogP contribution >= 0.6 is 0 Å². The Hall–Kier alpha value is -3.95. The Labute approximate surface area is 202 Å². The van der Waals surface area contributed by atoms with Crippen LogP contribution in [0.1, 0.15) is 31.7 Å². The van der Waals surface area contributed by atoms with Gasteiger partial charge < -0.3 is 15.6 Å². The molecule has 2 aromatic carbocycles. The average Bonchev–Trinajstić information content (AvgIpc) is 3.30. The van der Waals surface area contributed by atoms with Crippen molar-refractivity contribution in [2.75, 3.05) is 5.73 Å². The maximum Gasteiger partial charge on any atom is 0.290 e. The second-order valence-electron chi connectivity index (χ2n) is 8.75. The van der Waals surface area contributed by atoms with Gasteiger partial charge in [0, 0.05) is 11.6 Å². The van der Waals surface area contributed by atoms with Crippen molar-refractivity contribution < 1.29 is 9.84 Å². The first kappa shape index (κ1) is 22.8. The van der Waals surface area contributed by atoms with Gasteiger partial charge in [0.2, 0.25) is 0 Å². The van der Waals surface area contributed by atoms with E-state index in [2.05, 4.69) is 22.1 Å². The fraction of sp³-hybridized carbons (Fsp3) is 0.269. The number of hydrogen-bond acceptors (Lipinski definition) is 7. The summed E-state index contributed by atoms with van der Waals surface area (Å²) in [5.74, 6) is 1.68. The molecule has 1 aliphatic carbocycles. The van der Waals surface area contributed by atoms with E-state index in [1.165, 1.54) is 6.08 Å². The second-order valence-corrected chi connectivity index (χ2v) is 8.75. The van der Waals surface area contributed by atoms with E-state index in [4.69, 9.17) is 15.6 Å². The fourth-order valence-electron chi connectivity index (χ4n) is 4.68. The number of nitrogen functional groups attached to an aromatic ring is 1. The Balaban J connectivity index is 1.46. The van der Waals surface area contributed by atoms with Crippen molar-refractivity contribution in [3.8, 4) is 22.8 Å². The molecule has 0 spiro atoms. The molecule has 0 saturated heterocycles. The van der Waals surface area contributed by atoms with Gasteiger partial charge in [-0.3, -0.25) is 14.8 Å². The summed E-state index contributed by atoms with van der Waals surface area (Å²) in [4.78, 5) is 12.8. The number of anilines is 1. The SMILES string of the molecule is C=CC(O)NC1CCC(n2nc(-c3ccc(Oc4ccccc4)cc3)c3c(N)n[nH]c(=O)c32)CC1. The molecule has 1 unspecified atom stereocenters. The van der Waals surface area contributed by atoms with Gasteiger partial charge >= 0.3 is 0 Å². The van der Waals surface area contributed by atoms with E-state index in [0.29, 0.717) is 22.3 Å². The molecule has 5 rings (SSSR count). The first-order valence-corrected chi connectivity index (χ1v) is 11.7. The molecular formula is C26H28N6O3. The molecule has 1 aliphatic rings. The summed E-state index contributed by atoms with van der Waals surface area (Å²) in [6.45, 7) is 3.61. The number of ether oxygens (including phenoxy) is 1. The van der Waals surface area contributed by atoms with Crippen LogP contribution in [0.3, 0.4) is 0 Å². The highest BCUT2D eigenvalue weighted by Crippen LogP contribution is 2.36. The summed E-state index contributed by atoms with van der Waals surface area (Å²) in [7, 11) is 0. The van der Waals surface area contributed by atoms with Crippen molar-refractivity contribution in [3.05, 3.63) is 77.6 Å². The molecule has 35 heavy (non-hydrogen) atoms. The number of benzene rings is 2. The summed E-state index contributed by atoms with van der Waals surface area (Å²) in [6.07, 6.45) is 4.06. The van der Waals surface area contributed by atoms with E-state index < -0.39 is 6.23 Å². The van der Waals surface area contributed by atoms with E-state index in [-0.39, 0.29) is 23.5 Å². The normalized spacial score (nSPS) is 18.9. The number of aromatic nitrogens is 4. The Morgan fingerprint density at radius 1 is 1.11 bits per heavy atom. The number of nitrogens with two attached hydrogens (primary N) is 1. The van der Waals surface area contributed by atoms with Gasteiger partial charge in [0.15, 0.2) is 5.82 Å². The van der Waals surface area contributed by atoms with E-state index in [1.54, 1.807) is 4.68 Å². The number of aromatic amines is 1. The van der Waals surface area contributed by atoms with Crippen molar-refractivity contribution >= 4 is 16.7 Å². The molecule has 180 valence electrons. The highest BCUT2D eigenvalue weighted by Gasteiger charge is 2.28. The lowest BCUT2D eigenvalue weighted by atomic mass is 9.91. The van der Waals surface area contributed by atoms with Crippen LogP contribution in [-0.2, 0) is 0 Å². The molecule has 0 aliphatic heterocycles. The van der Waals surface area contributed by atoms with Crippen LogP contribution in [0.15, 0.2) is 72.0 Å². The zero-order valence-electron chi connectivity index (χ0n) is 19.2. The molecule has 9 nitrogen and oxygen atoms in total. The Morgan fingerprint density at radius 2 is 1.80 bits per heavy atom. The van der Waals surface area contributed by atoms with Gasteiger partial charge in [-0.05, 0) is 68.2 Å². The third-order valence-corrected chi connectivity index (χ3v) is 6.44. The molecule has 1 fully saturated rings. The van der Waals surface area contributed by atoms with Crippen LogP contribution in [0.2, 0.25) is 0 Å². The zero-order chi connectivity index (χ0) is 24.4. The van der Waals surface area contributed by atoms with Crippen LogP contribution in [0.4, 0.5) is 5.82 Å². The monoisotopic (exact) mass is 472 g/mol. The Kier molecular flexibility index (Phi) is 6.35. The molecule has 4 aromatic rings. The van der Waals surface area contributed by atoms with Gasteiger partial charge in [0.05, 0.1) is 11.4 Å². The first-order valence-electron chi connectivity index (χ1n) is 11.7. The van der Waals surface area contributed by atoms with Crippen molar-refractivity contribution in [2.24, 2.45) is 0 Å². The fourth-order valence-corrected chi connectivity index (χ4v) is 4.68. The molecule has 1 atom stereocenters. The maximum atomic E-state index is 12.8. The van der Waals surface area contributed by atoms with Crippen LogP contribution < -0.4 is 21.3 Å². The largest absolute Gasteiger partial charge is 0.457 e. The highest BCUT2D eigenvalue weighted by atomic mass is 16.5. The minimum absolute atomic E-state index is 0.0359. The van der Waals surface area contributed by atoms with Crippen molar-refractivity contribution in [2.45, 2.75) is 44.0 Å². The summed E-state index contributed by atoms with van der Waals surface area (Å²) in [6, 6.07) is 17.3. The van der Waals surface area contributed by atoms with E-state index in [9.17, 15) is 9.90 Å². The zero-order valence-corrected chi connectivity index (χ0v) is 19.2. The lowest BCUT2D eigenvalue weighted by molar-refractivity contribution is 0.147. The Bertz CT molecular complexity index is 1370. The molecule has 0 radical (unpaired) electrons. The number of fused-ring (bicyclic) bond motifs is 1. The molecule has 2 aromatic heterocycles. The molecule has 2 heterocycles.